The van der Waals surface area contributed by atoms with Gasteiger partial charge in [0.2, 0.25) is 0 Å². The molecule has 8 heteroatoms. The minimum atomic E-state index is -0.579. The van der Waals surface area contributed by atoms with Gasteiger partial charge in [0.1, 0.15) is 11.3 Å². The van der Waals surface area contributed by atoms with E-state index in [1.54, 1.807) is 13.2 Å². The van der Waals surface area contributed by atoms with Crippen LogP contribution in [0.15, 0.2) is 36.8 Å². The van der Waals surface area contributed by atoms with Gasteiger partial charge in [-0.25, -0.2) is 14.5 Å². The van der Waals surface area contributed by atoms with Crippen LogP contribution in [0.25, 0.3) is 27.9 Å². The van der Waals surface area contributed by atoms with Gasteiger partial charge in [-0.3, -0.25) is 4.79 Å². The molecule has 8 nitrogen and oxygen atoms in total. The molecule has 4 aromatic rings. The van der Waals surface area contributed by atoms with Gasteiger partial charge in [0, 0.05) is 30.4 Å². The van der Waals surface area contributed by atoms with E-state index in [-0.39, 0.29) is 5.69 Å². The molecule has 0 saturated heterocycles. The number of pyridine rings is 1. The minimum absolute atomic E-state index is 0.233. The van der Waals surface area contributed by atoms with Gasteiger partial charge in [-0.15, -0.1) is 0 Å². The second kappa shape index (κ2) is 4.80. The van der Waals surface area contributed by atoms with Crippen molar-refractivity contribution in [1.29, 1.82) is 0 Å². The number of aromatic nitrogens is 5. The summed E-state index contributed by atoms with van der Waals surface area (Å²) in [6.07, 6.45) is 4.98. The van der Waals surface area contributed by atoms with Gasteiger partial charge in [0.15, 0.2) is 5.65 Å². The van der Waals surface area contributed by atoms with Gasteiger partial charge in [-0.2, -0.15) is 5.10 Å². The van der Waals surface area contributed by atoms with Crippen molar-refractivity contribution in [1.82, 2.24) is 24.6 Å². The zero-order valence-corrected chi connectivity index (χ0v) is 12.2. The molecular weight excluding hydrogens is 294 g/mol. The van der Waals surface area contributed by atoms with E-state index in [1.807, 2.05) is 24.4 Å². The molecule has 4 heterocycles. The van der Waals surface area contributed by atoms with Crippen LogP contribution in [0, 0.1) is 0 Å². The normalized spacial score (nSPS) is 11.2. The summed E-state index contributed by atoms with van der Waals surface area (Å²) in [5, 5.41) is 8.54. The van der Waals surface area contributed by atoms with Crippen LogP contribution in [0.4, 0.5) is 5.69 Å². The lowest BCUT2D eigenvalue weighted by Crippen LogP contribution is -2.15. The summed E-state index contributed by atoms with van der Waals surface area (Å²) < 4.78 is 1.46. The molecule has 0 unspecified atom stereocenters. The number of imidazole rings is 1. The number of hydrogen-bond donors (Lipinski definition) is 3. The number of aromatic amines is 1. The summed E-state index contributed by atoms with van der Waals surface area (Å²) in [5.74, 6) is -0.579. The van der Waals surface area contributed by atoms with Crippen molar-refractivity contribution >= 4 is 28.3 Å². The predicted octanol–water partition coefficient (Wildman–Crippen LogP) is 1.41. The number of carbonyl (C=O) groups excluding carboxylic acids is 1. The Bertz CT molecular complexity index is 1050. The second-order valence-electron chi connectivity index (χ2n) is 5.04. The van der Waals surface area contributed by atoms with E-state index in [9.17, 15) is 4.79 Å². The highest BCUT2D eigenvalue weighted by atomic mass is 16.1. The lowest BCUT2D eigenvalue weighted by molar-refractivity contribution is 0.0993. The SMILES string of the molecule is CNc1cc(-c2c[nH]c3ncccc23)nn2c(C(N)=O)cnc12. The van der Waals surface area contributed by atoms with Crippen LogP contribution in [0.3, 0.4) is 0 Å². The fourth-order valence-corrected chi connectivity index (χ4v) is 2.62. The number of rotatable bonds is 3. The van der Waals surface area contributed by atoms with Gasteiger partial charge in [0.05, 0.1) is 17.6 Å². The van der Waals surface area contributed by atoms with E-state index in [1.165, 1.54) is 10.7 Å². The van der Waals surface area contributed by atoms with Crippen LogP contribution in [0.2, 0.25) is 0 Å². The fraction of sp³-hybridized carbons (Fsp3) is 0.0667. The van der Waals surface area contributed by atoms with E-state index in [4.69, 9.17) is 5.73 Å². The minimum Gasteiger partial charge on any atom is -0.385 e. The largest absolute Gasteiger partial charge is 0.385 e. The molecule has 4 N–H and O–H groups in total. The van der Waals surface area contributed by atoms with E-state index >= 15 is 0 Å². The van der Waals surface area contributed by atoms with Gasteiger partial charge < -0.3 is 16.0 Å². The Morgan fingerprint density at radius 2 is 2.26 bits per heavy atom. The third-order valence-corrected chi connectivity index (χ3v) is 3.72. The molecule has 0 saturated carbocycles. The molecule has 0 radical (unpaired) electrons. The van der Waals surface area contributed by atoms with Crippen LogP contribution in [0.5, 0.6) is 0 Å². The quantitative estimate of drug-likeness (QED) is 0.529. The van der Waals surface area contributed by atoms with Crippen molar-refractivity contribution < 1.29 is 4.79 Å². The van der Waals surface area contributed by atoms with Crippen LogP contribution in [0.1, 0.15) is 10.5 Å². The monoisotopic (exact) mass is 307 g/mol. The zero-order chi connectivity index (χ0) is 16.0. The molecule has 0 aliphatic rings. The number of carbonyl (C=O) groups is 1. The highest BCUT2D eigenvalue weighted by Crippen LogP contribution is 2.29. The third-order valence-electron chi connectivity index (χ3n) is 3.72. The Morgan fingerprint density at radius 3 is 3.04 bits per heavy atom. The first-order chi connectivity index (χ1) is 11.2. The summed E-state index contributed by atoms with van der Waals surface area (Å²) >= 11 is 0. The maximum atomic E-state index is 11.6. The lowest BCUT2D eigenvalue weighted by Gasteiger charge is -2.07. The predicted molar refractivity (Wildman–Crippen MR) is 86.1 cm³/mol. The van der Waals surface area contributed by atoms with Gasteiger partial charge in [-0.05, 0) is 18.2 Å². The number of nitrogens with zero attached hydrogens (tertiary/aromatic N) is 4. The zero-order valence-electron chi connectivity index (χ0n) is 12.2. The summed E-state index contributed by atoms with van der Waals surface area (Å²) in [6, 6.07) is 5.70. The smallest absolute Gasteiger partial charge is 0.269 e. The molecule has 0 bridgehead atoms. The van der Waals surface area contributed by atoms with E-state index in [0.29, 0.717) is 11.3 Å². The summed E-state index contributed by atoms with van der Waals surface area (Å²) in [6.45, 7) is 0. The summed E-state index contributed by atoms with van der Waals surface area (Å²) in [7, 11) is 1.79. The van der Waals surface area contributed by atoms with Crippen molar-refractivity contribution in [2.75, 3.05) is 12.4 Å². The number of hydrogen-bond acceptors (Lipinski definition) is 5. The van der Waals surface area contributed by atoms with Gasteiger partial charge in [-0.1, -0.05) is 0 Å². The average molecular weight is 307 g/mol. The lowest BCUT2D eigenvalue weighted by atomic mass is 10.1. The Morgan fingerprint density at radius 1 is 1.39 bits per heavy atom. The van der Waals surface area contributed by atoms with Crippen molar-refractivity contribution in [3.05, 3.63) is 42.5 Å². The summed E-state index contributed by atoms with van der Waals surface area (Å²) in [5.41, 5.74) is 9.27. The first-order valence-corrected chi connectivity index (χ1v) is 6.98. The standard InChI is InChI=1S/C15H13N7O/c1-17-11-5-10(9-6-19-14-8(9)3-2-4-18-14)21-22-12(13(16)23)7-20-15(11)22/h2-7,17H,1H3,(H2,16,23)(H,18,19). The number of H-pyrrole nitrogens is 1. The topological polar surface area (TPSA) is 114 Å². The molecule has 0 fully saturated rings. The fourth-order valence-electron chi connectivity index (χ4n) is 2.62. The summed E-state index contributed by atoms with van der Waals surface area (Å²) in [4.78, 5) is 23.2. The molecule has 23 heavy (non-hydrogen) atoms. The molecule has 4 rings (SSSR count). The van der Waals surface area contributed by atoms with E-state index in [2.05, 4.69) is 25.4 Å². The third kappa shape index (κ3) is 1.92. The van der Waals surface area contributed by atoms with Crippen LogP contribution < -0.4 is 11.1 Å². The Hall–Kier alpha value is -3.42. The number of anilines is 1. The van der Waals surface area contributed by atoms with E-state index in [0.717, 1.165) is 22.3 Å². The van der Waals surface area contributed by atoms with E-state index < -0.39 is 5.91 Å². The highest BCUT2D eigenvalue weighted by molar-refractivity contribution is 5.95. The van der Waals surface area contributed by atoms with Gasteiger partial charge >= 0.3 is 0 Å². The van der Waals surface area contributed by atoms with Crippen molar-refractivity contribution in [3.63, 3.8) is 0 Å². The molecule has 114 valence electrons. The average Bonchev–Trinajstić information content (AvgIpc) is 3.17. The van der Waals surface area contributed by atoms with Crippen molar-refractivity contribution in [2.24, 2.45) is 5.73 Å². The Kier molecular flexibility index (Phi) is 2.77. The maximum absolute atomic E-state index is 11.6. The first kappa shape index (κ1) is 13.3. The molecule has 0 aliphatic carbocycles. The van der Waals surface area contributed by atoms with Crippen molar-refractivity contribution in [2.45, 2.75) is 0 Å². The molecule has 0 atom stereocenters. The second-order valence-corrected chi connectivity index (χ2v) is 5.04. The number of primary amides is 1. The number of fused-ring (bicyclic) bond motifs is 2. The van der Waals surface area contributed by atoms with Crippen LogP contribution in [-0.2, 0) is 0 Å². The maximum Gasteiger partial charge on any atom is 0.269 e. The molecule has 0 aromatic carbocycles. The molecule has 4 aromatic heterocycles. The molecule has 1 amide bonds. The Balaban J connectivity index is 2.03. The number of nitrogens with two attached hydrogens (primary N) is 1. The Labute approximate surface area is 130 Å². The first-order valence-electron chi connectivity index (χ1n) is 6.98. The number of amides is 1. The van der Waals surface area contributed by atoms with Gasteiger partial charge in [0.25, 0.3) is 5.91 Å². The highest BCUT2D eigenvalue weighted by Gasteiger charge is 2.16. The molecule has 0 aliphatic heterocycles. The van der Waals surface area contributed by atoms with Crippen LogP contribution >= 0.6 is 0 Å². The van der Waals surface area contributed by atoms with Crippen LogP contribution in [-0.4, -0.2) is 37.5 Å². The van der Waals surface area contributed by atoms with Crippen molar-refractivity contribution in [3.8, 4) is 11.3 Å². The number of nitrogens with one attached hydrogen (secondary N) is 2. The molecule has 0 spiro atoms. The molecular formula is C15H13N7O.